The predicted octanol–water partition coefficient (Wildman–Crippen LogP) is 5.17. The summed E-state index contributed by atoms with van der Waals surface area (Å²) in [5.41, 5.74) is 1.85. The van der Waals surface area contributed by atoms with E-state index in [4.69, 9.17) is 4.74 Å². The molecule has 9 nitrogen and oxygen atoms in total. The van der Waals surface area contributed by atoms with E-state index in [9.17, 15) is 26.4 Å². The molecule has 0 heterocycles. The van der Waals surface area contributed by atoms with Gasteiger partial charge in [0.2, 0.25) is 20.0 Å². The van der Waals surface area contributed by atoms with Gasteiger partial charge in [-0.2, -0.15) is 0 Å². The quantitative estimate of drug-likeness (QED) is 0.190. The van der Waals surface area contributed by atoms with Crippen molar-refractivity contribution in [3.8, 4) is 5.75 Å². The molecule has 0 aliphatic rings. The maximum Gasteiger partial charge on any atom is 0.241 e. The number of ether oxygens (including phenoxy) is 1. The number of hydrogen-bond donors (Lipinski definition) is 2. The fourth-order valence-electron chi connectivity index (χ4n) is 4.24. The van der Waals surface area contributed by atoms with Gasteiger partial charge >= 0.3 is 0 Å². The van der Waals surface area contributed by atoms with Crippen LogP contribution in [0.2, 0.25) is 0 Å². The van der Waals surface area contributed by atoms with E-state index < -0.39 is 20.0 Å². The van der Waals surface area contributed by atoms with Gasteiger partial charge in [0.25, 0.3) is 0 Å². The minimum Gasteiger partial charge on any atom is -0.497 e. The maximum absolute atomic E-state index is 12.4. The fraction of sp³-hybridized carbons (Fsp3) is 0.118. The van der Waals surface area contributed by atoms with Crippen LogP contribution in [-0.2, 0) is 20.0 Å². The molecule has 0 saturated heterocycles. The molecule has 2 N–H and O–H groups in total. The average Bonchev–Trinajstić information content (AvgIpc) is 3.06. The third-order valence-corrected chi connectivity index (χ3v) is 9.48. The van der Waals surface area contributed by atoms with Crippen LogP contribution in [0.5, 0.6) is 5.75 Å². The Morgan fingerprint density at radius 1 is 0.578 bits per heavy atom. The van der Waals surface area contributed by atoms with E-state index in [1.807, 2.05) is 37.3 Å². The fourth-order valence-corrected chi connectivity index (χ4v) is 6.26. The number of nitrogens with one attached hydrogen (secondary N) is 2. The Bertz CT molecular complexity index is 2030. The number of methoxy groups -OCH3 is 1. The van der Waals surface area contributed by atoms with Gasteiger partial charge in [-0.05, 0) is 60.2 Å². The van der Waals surface area contributed by atoms with E-state index in [1.165, 1.54) is 19.2 Å². The molecule has 5 aromatic carbocycles. The minimum absolute atomic E-state index is 0.128. The van der Waals surface area contributed by atoms with Crippen molar-refractivity contribution in [1.29, 1.82) is 0 Å². The van der Waals surface area contributed by atoms with Gasteiger partial charge in [0.1, 0.15) is 5.75 Å². The van der Waals surface area contributed by atoms with Gasteiger partial charge in [-0.1, -0.05) is 84.4 Å². The monoisotopic (exact) mass is 644 g/mol. The second-order valence-corrected chi connectivity index (χ2v) is 13.5. The lowest BCUT2D eigenvalue weighted by molar-refractivity contribution is 0.0989. The molecule has 0 spiro atoms. The molecule has 0 saturated carbocycles. The highest BCUT2D eigenvalue weighted by molar-refractivity contribution is 7.89. The Hall–Kier alpha value is -4.68. The Morgan fingerprint density at radius 2 is 1.13 bits per heavy atom. The Balaban J connectivity index is 0.000000207. The number of aryl methyl sites for hydroxylation is 1. The first-order chi connectivity index (χ1) is 21.5. The number of benzene rings is 5. The van der Waals surface area contributed by atoms with E-state index in [-0.39, 0.29) is 34.4 Å². The molecule has 0 aromatic heterocycles. The lowest BCUT2D eigenvalue weighted by Crippen LogP contribution is -2.29. The Kier molecular flexibility index (Phi) is 11.0. The van der Waals surface area contributed by atoms with E-state index >= 15 is 0 Å². The predicted molar refractivity (Wildman–Crippen MR) is 174 cm³/mol. The van der Waals surface area contributed by atoms with Crippen molar-refractivity contribution < 1.29 is 31.2 Å². The Labute approximate surface area is 263 Å². The third kappa shape index (κ3) is 9.16. The van der Waals surface area contributed by atoms with Gasteiger partial charge in [0.15, 0.2) is 11.6 Å². The highest BCUT2D eigenvalue weighted by Gasteiger charge is 2.17. The summed E-state index contributed by atoms with van der Waals surface area (Å²) in [5, 5.41) is 1.80. The molecular weight excluding hydrogens is 613 g/mol. The normalized spacial score (nSPS) is 11.3. The van der Waals surface area contributed by atoms with E-state index in [0.717, 1.165) is 16.3 Å². The molecular formula is C34H32N2O7S2. The molecule has 0 radical (unpaired) electrons. The molecule has 5 rings (SSSR count). The number of sulfonamides is 2. The second-order valence-electron chi connectivity index (χ2n) is 9.92. The number of hydrogen-bond acceptors (Lipinski definition) is 7. The smallest absolute Gasteiger partial charge is 0.241 e. The van der Waals surface area contributed by atoms with Crippen LogP contribution in [-0.4, -0.2) is 48.6 Å². The minimum atomic E-state index is -3.74. The summed E-state index contributed by atoms with van der Waals surface area (Å²) in [6, 6.07) is 34.0. The zero-order valence-electron chi connectivity index (χ0n) is 24.6. The van der Waals surface area contributed by atoms with Gasteiger partial charge in [0, 0.05) is 11.1 Å². The highest BCUT2D eigenvalue weighted by Crippen LogP contribution is 2.19. The van der Waals surface area contributed by atoms with Crippen LogP contribution in [0.15, 0.2) is 131 Å². The molecule has 0 atom stereocenters. The molecule has 0 unspecified atom stereocenters. The van der Waals surface area contributed by atoms with E-state index in [1.54, 1.807) is 78.9 Å². The van der Waals surface area contributed by atoms with Gasteiger partial charge in [-0.25, -0.2) is 26.3 Å². The first-order valence-corrected chi connectivity index (χ1v) is 16.8. The van der Waals surface area contributed by atoms with Crippen molar-refractivity contribution in [2.75, 3.05) is 20.2 Å². The van der Waals surface area contributed by atoms with Crippen LogP contribution >= 0.6 is 0 Å². The standard InChI is InChI=1S/C19H17NO3S.C15H15NO4S/c1-14-5-4-8-17(11-14)19(21)13-20-24(22,23)18-10-9-15-6-2-3-7-16(15)12-18;1-20-13-7-5-6-12(10-13)15(17)11-16-21(18,19)14-8-3-2-4-9-14/h2-12,20H,13H2,1H3;2-10,16H,11H2,1H3. The van der Waals surface area contributed by atoms with Gasteiger partial charge in [0.05, 0.1) is 30.0 Å². The molecule has 0 aliphatic heterocycles. The number of carbonyl (C=O) groups is 2. The van der Waals surface area contributed by atoms with Crippen molar-refractivity contribution in [3.05, 3.63) is 138 Å². The summed E-state index contributed by atoms with van der Waals surface area (Å²) < 4.78 is 58.5. The summed E-state index contributed by atoms with van der Waals surface area (Å²) >= 11 is 0. The lowest BCUT2D eigenvalue weighted by atomic mass is 10.1. The molecule has 0 bridgehead atoms. The number of rotatable bonds is 11. The van der Waals surface area contributed by atoms with E-state index in [0.29, 0.717) is 16.9 Å². The molecule has 0 fully saturated rings. The maximum atomic E-state index is 12.4. The molecule has 0 aliphatic carbocycles. The Morgan fingerprint density at radius 3 is 1.76 bits per heavy atom. The first-order valence-electron chi connectivity index (χ1n) is 13.8. The van der Waals surface area contributed by atoms with Gasteiger partial charge in [-0.3, -0.25) is 9.59 Å². The highest BCUT2D eigenvalue weighted by atomic mass is 32.2. The number of ketones is 2. The van der Waals surface area contributed by atoms with Crippen molar-refractivity contribution in [2.45, 2.75) is 16.7 Å². The van der Waals surface area contributed by atoms with Crippen molar-refractivity contribution in [1.82, 2.24) is 9.44 Å². The van der Waals surface area contributed by atoms with Crippen LogP contribution < -0.4 is 14.2 Å². The summed E-state index contributed by atoms with van der Waals surface area (Å²) in [6.45, 7) is 1.32. The zero-order valence-corrected chi connectivity index (χ0v) is 26.3. The molecule has 232 valence electrons. The van der Waals surface area contributed by atoms with Crippen LogP contribution in [0.3, 0.4) is 0 Å². The SMILES string of the molecule is COc1cccc(C(=O)CNS(=O)(=O)c2ccccc2)c1.Cc1cccc(C(=O)CNS(=O)(=O)c2ccc3ccccc3c2)c1. The van der Waals surface area contributed by atoms with E-state index in [2.05, 4.69) is 9.44 Å². The second kappa shape index (κ2) is 14.9. The van der Waals surface area contributed by atoms with Gasteiger partial charge < -0.3 is 4.74 Å². The molecule has 0 amide bonds. The summed E-state index contributed by atoms with van der Waals surface area (Å²) in [7, 11) is -5.92. The third-order valence-electron chi connectivity index (χ3n) is 6.66. The van der Waals surface area contributed by atoms with Crippen LogP contribution in [0.1, 0.15) is 26.3 Å². The van der Waals surface area contributed by atoms with Crippen molar-refractivity contribution >= 4 is 42.4 Å². The summed E-state index contributed by atoms with van der Waals surface area (Å²) in [4.78, 5) is 24.4. The number of carbonyl (C=O) groups excluding carboxylic acids is 2. The number of fused-ring (bicyclic) bond motifs is 1. The summed E-state index contributed by atoms with van der Waals surface area (Å²) in [5.74, 6) is -0.0387. The molecule has 11 heteroatoms. The average molecular weight is 645 g/mol. The number of Topliss-reactive ketones (excluding diaryl/α,β-unsaturated/α-hetero) is 2. The summed E-state index contributed by atoms with van der Waals surface area (Å²) in [6.07, 6.45) is 0. The topological polar surface area (TPSA) is 136 Å². The van der Waals surface area contributed by atoms with Gasteiger partial charge in [-0.15, -0.1) is 0 Å². The lowest BCUT2D eigenvalue weighted by Gasteiger charge is -2.08. The van der Waals surface area contributed by atoms with Crippen LogP contribution in [0.4, 0.5) is 0 Å². The molecule has 5 aromatic rings. The van der Waals surface area contributed by atoms with Crippen molar-refractivity contribution in [3.63, 3.8) is 0 Å². The largest absolute Gasteiger partial charge is 0.497 e. The van der Waals surface area contributed by atoms with Crippen molar-refractivity contribution in [2.24, 2.45) is 0 Å². The zero-order chi connectivity index (χ0) is 32.5. The van der Waals surface area contributed by atoms with Crippen LogP contribution in [0, 0.1) is 6.92 Å². The molecule has 45 heavy (non-hydrogen) atoms. The first kappa shape index (κ1) is 33.2. The van der Waals surface area contributed by atoms with Crippen LogP contribution in [0.25, 0.3) is 10.8 Å².